The van der Waals surface area contributed by atoms with Gasteiger partial charge in [0.05, 0.1) is 17.7 Å². The molecule has 0 aromatic heterocycles. The van der Waals surface area contributed by atoms with Crippen molar-refractivity contribution in [2.45, 2.75) is 4.90 Å². The van der Waals surface area contributed by atoms with Crippen molar-refractivity contribution in [3.05, 3.63) is 84.2 Å². The number of ether oxygens (including phenoxy) is 1. The van der Waals surface area contributed by atoms with Crippen LogP contribution in [0.5, 0.6) is 5.75 Å². The van der Waals surface area contributed by atoms with E-state index in [0.717, 1.165) is 12.1 Å². The number of carbonyl (C=O) groups is 1. The molecule has 0 saturated carbocycles. The van der Waals surface area contributed by atoms with E-state index in [0.29, 0.717) is 17.0 Å². The molecule has 144 valence electrons. The summed E-state index contributed by atoms with van der Waals surface area (Å²) in [4.78, 5) is 12.3. The second-order valence-electron chi connectivity index (χ2n) is 5.79. The Morgan fingerprint density at radius 3 is 2.21 bits per heavy atom. The maximum Gasteiger partial charge on any atom is 0.261 e. The molecule has 0 fully saturated rings. The molecular weight excluding hydrogens is 383 g/mol. The first-order valence-corrected chi connectivity index (χ1v) is 9.70. The quantitative estimate of drug-likeness (QED) is 0.658. The molecule has 0 bridgehead atoms. The Labute approximate surface area is 162 Å². The molecule has 0 atom stereocenters. The minimum Gasteiger partial charge on any atom is -0.495 e. The highest BCUT2D eigenvalue weighted by molar-refractivity contribution is 7.92. The highest BCUT2D eigenvalue weighted by Crippen LogP contribution is 2.24. The first-order valence-electron chi connectivity index (χ1n) is 8.22. The number of methoxy groups -OCH3 is 1. The van der Waals surface area contributed by atoms with Gasteiger partial charge in [-0.25, -0.2) is 12.8 Å². The van der Waals surface area contributed by atoms with Crippen molar-refractivity contribution >= 4 is 27.3 Å². The Morgan fingerprint density at radius 1 is 0.929 bits per heavy atom. The Kier molecular flexibility index (Phi) is 5.60. The topological polar surface area (TPSA) is 84.5 Å². The lowest BCUT2D eigenvalue weighted by atomic mass is 10.2. The highest BCUT2D eigenvalue weighted by Gasteiger charge is 2.15. The maximum absolute atomic E-state index is 13.0. The van der Waals surface area contributed by atoms with Crippen molar-refractivity contribution in [2.24, 2.45) is 0 Å². The van der Waals surface area contributed by atoms with Gasteiger partial charge in [-0.05, 0) is 60.7 Å². The molecule has 2 N–H and O–H groups in total. The number of benzene rings is 3. The van der Waals surface area contributed by atoms with Gasteiger partial charge in [0.2, 0.25) is 0 Å². The summed E-state index contributed by atoms with van der Waals surface area (Å²) in [5, 5.41) is 2.74. The van der Waals surface area contributed by atoms with E-state index in [1.54, 1.807) is 24.3 Å². The zero-order valence-electron chi connectivity index (χ0n) is 14.8. The number of rotatable bonds is 6. The van der Waals surface area contributed by atoms with Crippen molar-refractivity contribution in [3.63, 3.8) is 0 Å². The molecule has 0 aliphatic rings. The number of sulfonamides is 1. The summed E-state index contributed by atoms with van der Waals surface area (Å²) in [6.07, 6.45) is 0. The Balaban J connectivity index is 1.72. The lowest BCUT2D eigenvalue weighted by molar-refractivity contribution is 0.102. The third-order valence-electron chi connectivity index (χ3n) is 3.88. The average molecular weight is 400 g/mol. The highest BCUT2D eigenvalue weighted by atomic mass is 32.2. The van der Waals surface area contributed by atoms with Crippen LogP contribution in [0.2, 0.25) is 0 Å². The van der Waals surface area contributed by atoms with Gasteiger partial charge in [-0.2, -0.15) is 0 Å². The van der Waals surface area contributed by atoms with Crippen LogP contribution in [0.4, 0.5) is 15.8 Å². The van der Waals surface area contributed by atoms with Crippen LogP contribution in [0, 0.1) is 5.82 Å². The van der Waals surface area contributed by atoms with Crippen molar-refractivity contribution in [1.29, 1.82) is 0 Å². The third kappa shape index (κ3) is 4.47. The molecule has 8 heteroatoms. The lowest BCUT2D eigenvalue weighted by Crippen LogP contribution is -2.14. The monoisotopic (exact) mass is 400 g/mol. The number of anilines is 2. The van der Waals surface area contributed by atoms with E-state index < -0.39 is 15.8 Å². The van der Waals surface area contributed by atoms with Gasteiger partial charge >= 0.3 is 0 Å². The number of hydrogen-bond acceptors (Lipinski definition) is 4. The summed E-state index contributed by atoms with van der Waals surface area (Å²) < 4.78 is 45.2. The van der Waals surface area contributed by atoms with Gasteiger partial charge in [0, 0.05) is 11.3 Å². The van der Waals surface area contributed by atoms with Crippen molar-refractivity contribution in [2.75, 3.05) is 17.1 Å². The number of carbonyl (C=O) groups excluding carboxylic acids is 1. The molecule has 0 aliphatic heterocycles. The molecule has 3 aromatic rings. The summed E-state index contributed by atoms with van der Waals surface area (Å²) in [6, 6.07) is 17.4. The zero-order valence-corrected chi connectivity index (χ0v) is 15.7. The predicted octanol–water partition coefficient (Wildman–Crippen LogP) is 3.89. The van der Waals surface area contributed by atoms with E-state index in [1.807, 2.05) is 0 Å². The summed E-state index contributed by atoms with van der Waals surface area (Å²) in [7, 11) is -2.35. The number of nitrogens with one attached hydrogen (secondary N) is 2. The van der Waals surface area contributed by atoms with Gasteiger partial charge < -0.3 is 10.1 Å². The molecule has 0 radical (unpaired) electrons. The van der Waals surface area contributed by atoms with E-state index in [9.17, 15) is 17.6 Å². The normalized spacial score (nSPS) is 10.9. The Morgan fingerprint density at radius 2 is 1.57 bits per heavy atom. The van der Waals surface area contributed by atoms with Crippen molar-refractivity contribution in [3.8, 4) is 5.75 Å². The molecular formula is C20H17FN2O4S. The Bertz CT molecular complexity index is 1080. The Hall–Kier alpha value is -3.39. The first-order chi connectivity index (χ1) is 13.4. The zero-order chi connectivity index (χ0) is 20.1. The third-order valence-corrected chi connectivity index (χ3v) is 5.28. The van der Waals surface area contributed by atoms with E-state index in [2.05, 4.69) is 10.0 Å². The van der Waals surface area contributed by atoms with Gasteiger partial charge in [-0.3, -0.25) is 9.52 Å². The number of halogens is 1. The van der Waals surface area contributed by atoms with Crippen LogP contribution in [0.15, 0.2) is 77.7 Å². The summed E-state index contributed by atoms with van der Waals surface area (Å²) in [5.74, 6) is -0.360. The molecule has 6 nitrogen and oxygen atoms in total. The SMILES string of the molecule is COc1ccccc1NC(=O)c1ccc(NS(=O)(=O)c2ccc(F)cc2)cc1. The van der Waals surface area contributed by atoms with Crippen LogP contribution in [0.25, 0.3) is 0 Å². The molecule has 0 spiro atoms. The largest absolute Gasteiger partial charge is 0.495 e. The smallest absolute Gasteiger partial charge is 0.261 e. The predicted molar refractivity (Wildman–Crippen MR) is 105 cm³/mol. The minimum atomic E-state index is -3.85. The summed E-state index contributed by atoms with van der Waals surface area (Å²) in [5.41, 5.74) is 1.14. The molecule has 0 unspecified atom stereocenters. The maximum atomic E-state index is 13.0. The van der Waals surface area contributed by atoms with Crippen LogP contribution >= 0.6 is 0 Å². The van der Waals surface area contributed by atoms with Gasteiger partial charge in [0.1, 0.15) is 11.6 Å². The van der Waals surface area contributed by atoms with Crippen LogP contribution in [0.1, 0.15) is 10.4 Å². The molecule has 0 aliphatic carbocycles. The standard InChI is InChI=1S/C20H17FN2O4S/c1-27-19-5-3-2-4-18(19)22-20(24)14-6-10-16(11-7-14)23-28(25,26)17-12-8-15(21)9-13-17/h2-13,23H,1H3,(H,22,24). The van der Waals surface area contributed by atoms with Gasteiger partial charge in [0.25, 0.3) is 15.9 Å². The van der Waals surface area contributed by atoms with Gasteiger partial charge in [-0.15, -0.1) is 0 Å². The molecule has 0 saturated heterocycles. The molecule has 1 amide bonds. The number of amides is 1. The molecule has 28 heavy (non-hydrogen) atoms. The second kappa shape index (κ2) is 8.10. The second-order valence-corrected chi connectivity index (χ2v) is 7.47. The van der Waals surface area contributed by atoms with Gasteiger partial charge in [-0.1, -0.05) is 12.1 Å². The lowest BCUT2D eigenvalue weighted by Gasteiger charge is -2.11. The molecule has 3 aromatic carbocycles. The van der Waals surface area contributed by atoms with Crippen LogP contribution < -0.4 is 14.8 Å². The van der Waals surface area contributed by atoms with E-state index in [1.165, 1.54) is 43.5 Å². The minimum absolute atomic E-state index is 0.0631. The fourth-order valence-corrected chi connectivity index (χ4v) is 3.52. The summed E-state index contributed by atoms with van der Waals surface area (Å²) >= 11 is 0. The van der Waals surface area contributed by atoms with Crippen LogP contribution in [-0.4, -0.2) is 21.4 Å². The van der Waals surface area contributed by atoms with Crippen molar-refractivity contribution in [1.82, 2.24) is 0 Å². The average Bonchev–Trinajstić information content (AvgIpc) is 2.69. The van der Waals surface area contributed by atoms with Gasteiger partial charge in [0.15, 0.2) is 0 Å². The van der Waals surface area contributed by atoms with Crippen LogP contribution in [0.3, 0.4) is 0 Å². The van der Waals surface area contributed by atoms with E-state index >= 15 is 0 Å². The van der Waals surface area contributed by atoms with Crippen molar-refractivity contribution < 1.29 is 22.3 Å². The molecule has 3 rings (SSSR count). The fraction of sp³-hybridized carbons (Fsp3) is 0.0500. The number of hydrogen-bond donors (Lipinski definition) is 2. The molecule has 0 heterocycles. The number of para-hydroxylation sites is 2. The summed E-state index contributed by atoms with van der Waals surface area (Å²) in [6.45, 7) is 0. The first kappa shape index (κ1) is 19.4. The van der Waals surface area contributed by atoms with E-state index in [4.69, 9.17) is 4.74 Å². The van der Waals surface area contributed by atoms with E-state index in [-0.39, 0.29) is 16.5 Å². The van der Waals surface area contributed by atoms with Crippen LogP contribution in [-0.2, 0) is 10.0 Å². The fourth-order valence-electron chi connectivity index (χ4n) is 2.46.